The first-order chi connectivity index (χ1) is 9.47. The minimum atomic E-state index is -0.197. The van der Waals surface area contributed by atoms with Crippen molar-refractivity contribution in [2.45, 2.75) is 39.3 Å². The Morgan fingerprint density at radius 3 is 2.55 bits per heavy atom. The van der Waals surface area contributed by atoms with Crippen LogP contribution in [0, 0.1) is 0 Å². The van der Waals surface area contributed by atoms with Crippen LogP contribution in [0.3, 0.4) is 0 Å². The molecule has 0 saturated heterocycles. The third-order valence-corrected chi connectivity index (χ3v) is 2.56. The summed E-state index contributed by atoms with van der Waals surface area (Å²) in [5.74, 6) is -0.0604. The minimum absolute atomic E-state index is 0.0604. The molecule has 0 atom stereocenters. The molecule has 0 aliphatic rings. The molecule has 112 valence electrons. The van der Waals surface area contributed by atoms with E-state index >= 15 is 0 Å². The number of ether oxygens (including phenoxy) is 1. The van der Waals surface area contributed by atoms with E-state index in [1.807, 2.05) is 39.0 Å². The number of carbonyl (C=O) groups is 1. The second kappa shape index (κ2) is 8.72. The molecule has 0 fully saturated rings. The van der Waals surface area contributed by atoms with Crippen molar-refractivity contribution in [3.05, 3.63) is 35.9 Å². The minimum Gasteiger partial charge on any atom is -0.372 e. The summed E-state index contributed by atoms with van der Waals surface area (Å²) in [6.45, 7) is 8.35. The van der Waals surface area contributed by atoms with Gasteiger partial charge in [0.05, 0.1) is 0 Å². The number of nitrogens with one attached hydrogen (secondary N) is 2. The molecule has 1 aromatic rings. The first-order valence-electron chi connectivity index (χ1n) is 7.11. The van der Waals surface area contributed by atoms with E-state index in [9.17, 15) is 4.79 Å². The highest BCUT2D eigenvalue weighted by atomic mass is 16.5. The van der Waals surface area contributed by atoms with Crippen molar-refractivity contribution < 1.29 is 9.53 Å². The van der Waals surface area contributed by atoms with Crippen molar-refractivity contribution in [1.29, 1.82) is 0 Å². The van der Waals surface area contributed by atoms with Gasteiger partial charge in [0.1, 0.15) is 6.61 Å². The summed E-state index contributed by atoms with van der Waals surface area (Å²) in [6, 6.07) is 10.3. The molecule has 0 aliphatic heterocycles. The summed E-state index contributed by atoms with van der Waals surface area (Å²) >= 11 is 0. The fourth-order valence-corrected chi connectivity index (χ4v) is 1.75. The summed E-state index contributed by atoms with van der Waals surface area (Å²) < 4.78 is 5.34. The van der Waals surface area contributed by atoms with Crippen LogP contribution in [0.5, 0.6) is 0 Å². The molecule has 4 nitrogen and oxygen atoms in total. The van der Waals surface area contributed by atoms with Gasteiger partial charge in [0.25, 0.3) is 0 Å². The monoisotopic (exact) mass is 278 g/mol. The zero-order chi connectivity index (χ0) is 14.8. The quantitative estimate of drug-likeness (QED) is 0.716. The van der Waals surface area contributed by atoms with Gasteiger partial charge in [-0.3, -0.25) is 4.79 Å². The van der Waals surface area contributed by atoms with Gasteiger partial charge in [-0.05, 0) is 39.3 Å². The number of hydrogen-bond acceptors (Lipinski definition) is 3. The van der Waals surface area contributed by atoms with Gasteiger partial charge in [0.2, 0.25) is 5.91 Å². The maximum absolute atomic E-state index is 11.5. The molecular formula is C16H26N2O2. The Hall–Kier alpha value is -1.39. The topological polar surface area (TPSA) is 50.4 Å². The van der Waals surface area contributed by atoms with E-state index in [0.29, 0.717) is 6.61 Å². The van der Waals surface area contributed by atoms with Crippen LogP contribution < -0.4 is 10.6 Å². The Kier molecular flexibility index (Phi) is 7.26. The van der Waals surface area contributed by atoms with E-state index < -0.39 is 0 Å². The van der Waals surface area contributed by atoms with E-state index in [4.69, 9.17) is 4.74 Å². The largest absolute Gasteiger partial charge is 0.372 e. The average Bonchev–Trinajstić information content (AvgIpc) is 2.37. The molecule has 0 saturated carbocycles. The predicted octanol–water partition coefficient (Wildman–Crippen LogP) is 2.10. The van der Waals surface area contributed by atoms with Crippen LogP contribution in [-0.4, -0.2) is 31.2 Å². The lowest BCUT2D eigenvalue weighted by Crippen LogP contribution is -2.42. The molecule has 0 unspecified atom stereocenters. The molecule has 0 bridgehead atoms. The highest BCUT2D eigenvalue weighted by molar-refractivity contribution is 5.77. The van der Waals surface area contributed by atoms with Crippen molar-refractivity contribution in [3.8, 4) is 0 Å². The van der Waals surface area contributed by atoms with Crippen molar-refractivity contribution in [2.75, 3.05) is 19.8 Å². The second-order valence-corrected chi connectivity index (χ2v) is 5.87. The van der Waals surface area contributed by atoms with Gasteiger partial charge < -0.3 is 15.4 Å². The number of benzene rings is 1. The molecule has 1 aromatic carbocycles. The highest BCUT2D eigenvalue weighted by Gasteiger charge is 2.13. The molecule has 20 heavy (non-hydrogen) atoms. The van der Waals surface area contributed by atoms with Crippen LogP contribution >= 0.6 is 0 Å². The lowest BCUT2D eigenvalue weighted by molar-refractivity contribution is -0.127. The molecule has 0 aromatic heterocycles. The Labute approximate surface area is 121 Å². The van der Waals surface area contributed by atoms with E-state index in [1.54, 1.807) is 0 Å². The molecular weight excluding hydrogens is 252 g/mol. The van der Waals surface area contributed by atoms with Crippen molar-refractivity contribution in [2.24, 2.45) is 0 Å². The molecule has 1 rings (SSSR count). The lowest BCUT2D eigenvalue weighted by atomic mass is 10.1. The predicted molar refractivity (Wildman–Crippen MR) is 81.5 cm³/mol. The van der Waals surface area contributed by atoms with E-state index in [-0.39, 0.29) is 18.1 Å². The van der Waals surface area contributed by atoms with Gasteiger partial charge in [-0.1, -0.05) is 30.3 Å². The highest BCUT2D eigenvalue weighted by Crippen LogP contribution is 1.98. The second-order valence-electron chi connectivity index (χ2n) is 5.87. The Bertz CT molecular complexity index is 385. The van der Waals surface area contributed by atoms with E-state index in [1.165, 1.54) is 5.56 Å². The van der Waals surface area contributed by atoms with Gasteiger partial charge in [-0.2, -0.15) is 0 Å². The van der Waals surface area contributed by atoms with Crippen molar-refractivity contribution >= 4 is 5.91 Å². The van der Waals surface area contributed by atoms with Crippen LogP contribution in [0.25, 0.3) is 0 Å². The van der Waals surface area contributed by atoms with Crippen LogP contribution in [0.4, 0.5) is 0 Å². The fraction of sp³-hybridized carbons (Fsp3) is 0.562. The first-order valence-corrected chi connectivity index (χ1v) is 7.11. The first kappa shape index (κ1) is 16.7. The Morgan fingerprint density at radius 2 is 1.90 bits per heavy atom. The zero-order valence-electron chi connectivity index (χ0n) is 12.7. The SMILES string of the molecule is CC(C)(C)NC(=O)COCCCNCc1ccccc1. The fourth-order valence-electron chi connectivity index (χ4n) is 1.75. The Balaban J connectivity index is 1.96. The van der Waals surface area contributed by atoms with Crippen LogP contribution in [0.2, 0.25) is 0 Å². The van der Waals surface area contributed by atoms with E-state index in [0.717, 1.165) is 19.5 Å². The summed E-state index contributed by atoms with van der Waals surface area (Å²) in [4.78, 5) is 11.5. The molecule has 0 radical (unpaired) electrons. The van der Waals surface area contributed by atoms with Gasteiger partial charge in [-0.25, -0.2) is 0 Å². The molecule has 0 spiro atoms. The van der Waals surface area contributed by atoms with Crippen LogP contribution in [-0.2, 0) is 16.1 Å². The normalized spacial score (nSPS) is 11.3. The molecule has 2 N–H and O–H groups in total. The van der Waals surface area contributed by atoms with Gasteiger partial charge in [0, 0.05) is 18.7 Å². The Morgan fingerprint density at radius 1 is 1.20 bits per heavy atom. The van der Waals surface area contributed by atoms with Gasteiger partial charge in [-0.15, -0.1) is 0 Å². The van der Waals surface area contributed by atoms with E-state index in [2.05, 4.69) is 22.8 Å². The lowest BCUT2D eigenvalue weighted by Gasteiger charge is -2.20. The molecule has 0 heterocycles. The third kappa shape index (κ3) is 8.67. The van der Waals surface area contributed by atoms with Gasteiger partial charge >= 0.3 is 0 Å². The standard InChI is InChI=1S/C16H26N2O2/c1-16(2,3)18-15(19)13-20-11-7-10-17-12-14-8-5-4-6-9-14/h4-6,8-9,17H,7,10-13H2,1-3H3,(H,18,19). The average molecular weight is 278 g/mol. The maximum Gasteiger partial charge on any atom is 0.246 e. The third-order valence-electron chi connectivity index (χ3n) is 2.56. The smallest absolute Gasteiger partial charge is 0.246 e. The number of hydrogen-bond donors (Lipinski definition) is 2. The maximum atomic E-state index is 11.5. The summed E-state index contributed by atoms with van der Waals surface area (Å²) in [7, 11) is 0. The zero-order valence-corrected chi connectivity index (χ0v) is 12.7. The van der Waals surface area contributed by atoms with Crippen molar-refractivity contribution in [1.82, 2.24) is 10.6 Å². The molecule has 0 aliphatic carbocycles. The summed E-state index contributed by atoms with van der Waals surface area (Å²) in [5.41, 5.74) is 1.08. The van der Waals surface area contributed by atoms with Gasteiger partial charge in [0.15, 0.2) is 0 Å². The summed E-state index contributed by atoms with van der Waals surface area (Å²) in [6.07, 6.45) is 0.898. The number of carbonyl (C=O) groups excluding carboxylic acids is 1. The van der Waals surface area contributed by atoms with Crippen LogP contribution in [0.1, 0.15) is 32.8 Å². The molecule has 4 heteroatoms. The molecule has 1 amide bonds. The number of rotatable bonds is 8. The van der Waals surface area contributed by atoms with Crippen molar-refractivity contribution in [3.63, 3.8) is 0 Å². The van der Waals surface area contributed by atoms with Crippen LogP contribution in [0.15, 0.2) is 30.3 Å². The number of amides is 1. The summed E-state index contributed by atoms with van der Waals surface area (Å²) in [5, 5.41) is 6.21.